The molecule has 7 aromatic rings. The molecule has 0 fully saturated rings. The van der Waals surface area contributed by atoms with Gasteiger partial charge in [0.05, 0.1) is 0 Å². The van der Waals surface area contributed by atoms with E-state index in [0.29, 0.717) is 0 Å². The minimum absolute atomic E-state index is 0.0478. The Morgan fingerprint density at radius 2 is 1.13 bits per heavy atom. The quantitative estimate of drug-likeness (QED) is 0.160. The maximum atomic E-state index is 2.56. The van der Waals surface area contributed by atoms with Crippen molar-refractivity contribution >= 4 is 37.9 Å². The number of hydrogen-bond donors (Lipinski definition) is 0. The maximum absolute atomic E-state index is 2.56. The minimum Gasteiger partial charge on any atom is -0.0830 e. The summed E-state index contributed by atoms with van der Waals surface area (Å²) in [5, 5.41) is 8.05. The van der Waals surface area contributed by atoms with E-state index in [1.165, 1.54) is 99.1 Å². The highest BCUT2D eigenvalue weighted by atomic mass is 14.4. The zero-order valence-corrected chi connectivity index (χ0v) is 34.8. The van der Waals surface area contributed by atoms with Crippen LogP contribution in [-0.4, -0.2) is 0 Å². The first kappa shape index (κ1) is 35.7. The average molecular weight is 717 g/mol. The highest BCUT2D eigenvalue weighted by molar-refractivity contribution is 6.25. The summed E-state index contributed by atoms with van der Waals surface area (Å²) in [6.45, 7) is 25.9. The van der Waals surface area contributed by atoms with Gasteiger partial charge in [-0.15, -0.1) is 0 Å². The zero-order chi connectivity index (χ0) is 38.8. The summed E-state index contributed by atoms with van der Waals surface area (Å²) in [4.78, 5) is 0. The molecule has 0 saturated carbocycles. The second-order valence-electron chi connectivity index (χ2n) is 20.3. The van der Waals surface area contributed by atoms with E-state index in [-0.39, 0.29) is 27.6 Å². The standard InChI is InChI=1S/C55H56/c1-52(2,3)40-22-25-45-47(31-40)55(10,11)48-32-42(54(7,8)9)30-46(51(45)48)37-17-13-15-35(27-37)34-14-12-16-36(26-34)43-23-20-33-18-19-38-28-41(53(4,5)6)29-39-21-24-44(43)50(33)49(38)39/h12-16,18-32,37H,17H2,1-11H3. The van der Waals surface area contributed by atoms with Crippen LogP contribution in [0.2, 0.25) is 0 Å². The third-order valence-corrected chi connectivity index (χ3v) is 13.0. The monoisotopic (exact) mass is 716 g/mol. The molecule has 1 unspecified atom stereocenters. The Morgan fingerprint density at radius 3 is 1.84 bits per heavy atom. The number of rotatable bonds is 3. The summed E-state index contributed by atoms with van der Waals surface area (Å²) >= 11 is 0. The third-order valence-electron chi connectivity index (χ3n) is 13.0. The Balaban J connectivity index is 1.16. The Bertz CT molecular complexity index is 2720. The summed E-state index contributed by atoms with van der Waals surface area (Å²) in [7, 11) is 0. The van der Waals surface area contributed by atoms with E-state index in [9.17, 15) is 0 Å². The fourth-order valence-electron chi connectivity index (χ4n) is 9.54. The van der Waals surface area contributed by atoms with Crippen LogP contribution in [0.25, 0.3) is 60.1 Å². The van der Waals surface area contributed by atoms with Crippen molar-refractivity contribution in [3.05, 3.63) is 160 Å². The normalized spacial score (nSPS) is 16.9. The van der Waals surface area contributed by atoms with Gasteiger partial charge < -0.3 is 0 Å². The fraction of sp³-hybridized carbons (Fsp3) is 0.309. The van der Waals surface area contributed by atoms with Crippen LogP contribution in [0.4, 0.5) is 0 Å². The molecule has 2 aliphatic rings. The lowest BCUT2D eigenvalue weighted by molar-refractivity contribution is 0.579. The van der Waals surface area contributed by atoms with Gasteiger partial charge in [0.2, 0.25) is 0 Å². The smallest absolute Gasteiger partial charge is 0.0159 e. The van der Waals surface area contributed by atoms with Crippen molar-refractivity contribution in [3.63, 3.8) is 0 Å². The Labute approximate surface area is 329 Å². The van der Waals surface area contributed by atoms with Gasteiger partial charge in [0.25, 0.3) is 0 Å². The molecule has 276 valence electrons. The Kier molecular flexibility index (Phi) is 7.82. The molecule has 7 aromatic carbocycles. The van der Waals surface area contributed by atoms with Crippen LogP contribution in [0.1, 0.15) is 127 Å². The first-order valence-electron chi connectivity index (χ1n) is 20.5. The van der Waals surface area contributed by atoms with Gasteiger partial charge in [0.1, 0.15) is 0 Å². The van der Waals surface area contributed by atoms with Crippen molar-refractivity contribution in [3.8, 4) is 22.3 Å². The zero-order valence-electron chi connectivity index (χ0n) is 34.8. The largest absolute Gasteiger partial charge is 0.0830 e. The molecule has 0 heteroatoms. The van der Waals surface area contributed by atoms with Gasteiger partial charge in [-0.25, -0.2) is 0 Å². The highest BCUT2D eigenvalue weighted by Crippen LogP contribution is 2.54. The van der Waals surface area contributed by atoms with Crippen LogP contribution >= 0.6 is 0 Å². The molecule has 2 aliphatic carbocycles. The van der Waals surface area contributed by atoms with Crippen LogP contribution in [0.15, 0.2) is 121 Å². The highest BCUT2D eigenvalue weighted by Gasteiger charge is 2.40. The van der Waals surface area contributed by atoms with Crippen LogP contribution in [0.3, 0.4) is 0 Å². The van der Waals surface area contributed by atoms with E-state index in [1.807, 2.05) is 0 Å². The molecular weight excluding hydrogens is 661 g/mol. The van der Waals surface area contributed by atoms with E-state index in [2.05, 4.69) is 198 Å². The van der Waals surface area contributed by atoms with E-state index in [0.717, 1.165) is 6.42 Å². The van der Waals surface area contributed by atoms with Crippen LogP contribution in [-0.2, 0) is 21.7 Å². The topological polar surface area (TPSA) is 0 Å². The molecular formula is C55H56. The summed E-state index contributed by atoms with van der Waals surface area (Å²) < 4.78 is 0. The molecule has 0 N–H and O–H groups in total. The van der Waals surface area contributed by atoms with Crippen molar-refractivity contribution in [2.45, 2.75) is 110 Å². The minimum atomic E-state index is -0.0666. The molecule has 0 spiro atoms. The molecule has 0 radical (unpaired) electrons. The van der Waals surface area contributed by atoms with Gasteiger partial charge in [-0.05, 0) is 128 Å². The lowest BCUT2D eigenvalue weighted by atomic mass is 9.75. The van der Waals surface area contributed by atoms with Crippen LogP contribution in [0, 0.1) is 0 Å². The SMILES string of the molecule is CC(C)(C)c1ccc2c(c1)C(C)(C)c1cc(C(C)(C)C)cc(C3C=C(c4cccc(-c5ccc6ccc7cc(C(C)(C)C)cc8ccc5c6c78)c4)C=CC3)c1-2. The number of allylic oxidation sites excluding steroid dienone is 4. The van der Waals surface area contributed by atoms with Crippen molar-refractivity contribution in [1.82, 2.24) is 0 Å². The summed E-state index contributed by atoms with van der Waals surface area (Å²) in [5.41, 5.74) is 16.8. The van der Waals surface area contributed by atoms with Gasteiger partial charge in [-0.1, -0.05) is 191 Å². The van der Waals surface area contributed by atoms with Crippen molar-refractivity contribution in [2.75, 3.05) is 0 Å². The van der Waals surface area contributed by atoms with Gasteiger partial charge in [-0.3, -0.25) is 0 Å². The summed E-state index contributed by atoms with van der Waals surface area (Å²) in [5.74, 6) is 0.288. The number of fused-ring (bicyclic) bond motifs is 3. The summed E-state index contributed by atoms with van der Waals surface area (Å²) in [6.07, 6.45) is 8.33. The molecule has 55 heavy (non-hydrogen) atoms. The molecule has 0 bridgehead atoms. The average Bonchev–Trinajstić information content (AvgIpc) is 3.37. The second kappa shape index (κ2) is 12.0. The number of hydrogen-bond acceptors (Lipinski definition) is 0. The lowest BCUT2D eigenvalue weighted by Gasteiger charge is -2.29. The first-order chi connectivity index (χ1) is 25.9. The molecule has 0 aliphatic heterocycles. The second-order valence-corrected chi connectivity index (χ2v) is 20.3. The molecule has 1 atom stereocenters. The van der Waals surface area contributed by atoms with E-state index >= 15 is 0 Å². The molecule has 0 heterocycles. The Morgan fingerprint density at radius 1 is 0.527 bits per heavy atom. The maximum Gasteiger partial charge on any atom is 0.0159 e. The van der Waals surface area contributed by atoms with Gasteiger partial charge in [0, 0.05) is 11.3 Å². The lowest BCUT2D eigenvalue weighted by Crippen LogP contribution is -2.20. The van der Waals surface area contributed by atoms with Crippen molar-refractivity contribution in [1.29, 1.82) is 0 Å². The van der Waals surface area contributed by atoms with Gasteiger partial charge in [-0.2, -0.15) is 0 Å². The molecule has 0 amide bonds. The van der Waals surface area contributed by atoms with E-state index in [4.69, 9.17) is 0 Å². The summed E-state index contributed by atoms with van der Waals surface area (Å²) in [6, 6.07) is 40.4. The molecule has 9 rings (SSSR count). The predicted molar refractivity (Wildman–Crippen MR) is 240 cm³/mol. The number of benzene rings is 7. The molecule has 0 nitrogen and oxygen atoms in total. The van der Waals surface area contributed by atoms with Crippen LogP contribution < -0.4 is 0 Å². The van der Waals surface area contributed by atoms with Gasteiger partial charge >= 0.3 is 0 Å². The van der Waals surface area contributed by atoms with E-state index in [1.54, 1.807) is 0 Å². The molecule has 0 aromatic heterocycles. The fourth-order valence-corrected chi connectivity index (χ4v) is 9.54. The van der Waals surface area contributed by atoms with Crippen LogP contribution in [0.5, 0.6) is 0 Å². The predicted octanol–water partition coefficient (Wildman–Crippen LogP) is 15.6. The van der Waals surface area contributed by atoms with Crippen molar-refractivity contribution < 1.29 is 0 Å². The first-order valence-corrected chi connectivity index (χ1v) is 20.5. The van der Waals surface area contributed by atoms with E-state index < -0.39 is 0 Å². The van der Waals surface area contributed by atoms with Crippen molar-refractivity contribution in [2.24, 2.45) is 0 Å². The van der Waals surface area contributed by atoms with Gasteiger partial charge in [0.15, 0.2) is 0 Å². The molecule has 0 saturated heterocycles. The Hall–Kier alpha value is -4.94. The third kappa shape index (κ3) is 5.78.